The first kappa shape index (κ1) is 16.8. The molecule has 1 heterocycles. The number of carboxylic acid groups (broad SMARTS) is 1. The summed E-state index contributed by atoms with van der Waals surface area (Å²) in [7, 11) is -0.399. The Labute approximate surface area is 132 Å². The van der Waals surface area contributed by atoms with E-state index < -0.39 is 13.2 Å². The van der Waals surface area contributed by atoms with E-state index in [-0.39, 0.29) is 11.2 Å². The first-order chi connectivity index (χ1) is 10.0. The molecule has 1 aromatic carbocycles. The highest BCUT2D eigenvalue weighted by molar-refractivity contribution is 6.62. The van der Waals surface area contributed by atoms with Gasteiger partial charge in [0.1, 0.15) is 0 Å². The van der Waals surface area contributed by atoms with Crippen molar-refractivity contribution in [3.63, 3.8) is 0 Å². The van der Waals surface area contributed by atoms with Crippen molar-refractivity contribution in [1.82, 2.24) is 5.32 Å². The van der Waals surface area contributed by atoms with Crippen LogP contribution < -0.4 is 10.8 Å². The molecule has 1 amide bonds. The van der Waals surface area contributed by atoms with E-state index in [4.69, 9.17) is 14.4 Å². The van der Waals surface area contributed by atoms with Gasteiger partial charge in [0.2, 0.25) is 0 Å². The molecule has 2 rings (SSSR count). The van der Waals surface area contributed by atoms with Crippen molar-refractivity contribution in [3.05, 3.63) is 28.8 Å². The van der Waals surface area contributed by atoms with Crippen molar-refractivity contribution in [2.24, 2.45) is 0 Å². The third kappa shape index (κ3) is 3.13. The summed E-state index contributed by atoms with van der Waals surface area (Å²) < 4.78 is 12.1. The van der Waals surface area contributed by atoms with E-state index in [1.165, 1.54) is 0 Å². The zero-order valence-corrected chi connectivity index (χ0v) is 14.1. The van der Waals surface area contributed by atoms with Gasteiger partial charge < -0.3 is 19.7 Å². The molecule has 2 N–H and O–H groups in total. The quantitative estimate of drug-likeness (QED) is 0.841. The number of amides is 1. The van der Waals surface area contributed by atoms with Crippen LogP contribution in [-0.4, -0.2) is 29.5 Å². The fourth-order valence-corrected chi connectivity index (χ4v) is 2.58. The van der Waals surface area contributed by atoms with E-state index in [1.807, 2.05) is 53.7 Å². The average Bonchev–Trinajstić information content (AvgIpc) is 2.57. The number of aryl methyl sites for hydroxylation is 2. The molecule has 0 unspecified atom stereocenters. The lowest BCUT2D eigenvalue weighted by molar-refractivity contribution is 0.00578. The van der Waals surface area contributed by atoms with Crippen LogP contribution in [0, 0.1) is 13.8 Å². The Bertz CT molecular complexity index is 559. The van der Waals surface area contributed by atoms with Crippen LogP contribution in [0.15, 0.2) is 12.1 Å². The molecular formula is C16H24BNO4. The number of benzene rings is 1. The lowest BCUT2D eigenvalue weighted by Gasteiger charge is -2.32. The number of rotatable bonds is 3. The number of hydrogen-bond acceptors (Lipinski definition) is 3. The van der Waals surface area contributed by atoms with Crippen molar-refractivity contribution in [3.8, 4) is 0 Å². The van der Waals surface area contributed by atoms with Gasteiger partial charge in [0.15, 0.2) is 0 Å². The fraction of sp³-hybridized carbons (Fsp3) is 0.562. The van der Waals surface area contributed by atoms with Crippen molar-refractivity contribution in [1.29, 1.82) is 0 Å². The molecule has 1 aliphatic rings. The number of carbonyl (C=O) groups is 1. The van der Waals surface area contributed by atoms with Gasteiger partial charge in [-0.05, 0) is 63.7 Å². The second kappa shape index (κ2) is 5.59. The number of hydrogen-bond donors (Lipinski definition) is 2. The summed E-state index contributed by atoms with van der Waals surface area (Å²) in [5, 5.41) is 11.2. The van der Waals surface area contributed by atoms with Crippen molar-refractivity contribution in [2.75, 3.05) is 0 Å². The molecule has 0 bridgehead atoms. The smallest absolute Gasteiger partial charge is 0.465 e. The molecular weight excluding hydrogens is 281 g/mol. The monoisotopic (exact) mass is 305 g/mol. The first-order valence-corrected chi connectivity index (χ1v) is 7.46. The largest absolute Gasteiger partial charge is 0.494 e. The molecule has 1 fully saturated rings. The molecule has 0 atom stereocenters. The number of nitrogens with one attached hydrogen (secondary N) is 1. The second-order valence-electron chi connectivity index (χ2n) is 6.88. The van der Waals surface area contributed by atoms with Crippen LogP contribution in [0.4, 0.5) is 4.79 Å². The molecule has 0 spiro atoms. The highest BCUT2D eigenvalue weighted by Gasteiger charge is 2.51. The van der Waals surface area contributed by atoms with E-state index in [0.717, 1.165) is 22.2 Å². The molecule has 1 aromatic rings. The standard InChI is InChI=1S/C16H24BNO4/c1-10-7-12(8-11(2)13(10)9-18-14(19)20)17-21-15(3,4)16(5,6)22-17/h7-8,18H,9H2,1-6H3,(H,19,20). The Hall–Kier alpha value is -1.53. The Morgan fingerprint density at radius 3 is 2.00 bits per heavy atom. The average molecular weight is 305 g/mol. The first-order valence-electron chi connectivity index (χ1n) is 7.46. The van der Waals surface area contributed by atoms with Gasteiger partial charge in [0.05, 0.1) is 11.2 Å². The van der Waals surface area contributed by atoms with Crippen LogP contribution in [0.5, 0.6) is 0 Å². The summed E-state index contributed by atoms with van der Waals surface area (Å²) in [6.45, 7) is 12.4. The summed E-state index contributed by atoms with van der Waals surface area (Å²) in [5.74, 6) is 0. The van der Waals surface area contributed by atoms with E-state index >= 15 is 0 Å². The summed E-state index contributed by atoms with van der Waals surface area (Å²) in [6.07, 6.45) is -1.02. The zero-order valence-electron chi connectivity index (χ0n) is 14.1. The van der Waals surface area contributed by atoms with Crippen LogP contribution in [0.1, 0.15) is 44.4 Å². The second-order valence-corrected chi connectivity index (χ2v) is 6.88. The summed E-state index contributed by atoms with van der Waals surface area (Å²) in [6, 6.07) is 4.02. The van der Waals surface area contributed by atoms with Gasteiger partial charge in [-0.2, -0.15) is 0 Å². The zero-order chi connectivity index (χ0) is 16.7. The van der Waals surface area contributed by atoms with Gasteiger partial charge in [0.25, 0.3) is 0 Å². The van der Waals surface area contributed by atoms with Crippen molar-refractivity contribution in [2.45, 2.75) is 59.3 Å². The highest BCUT2D eigenvalue weighted by Crippen LogP contribution is 2.36. The molecule has 5 nitrogen and oxygen atoms in total. The maximum Gasteiger partial charge on any atom is 0.494 e. The third-order valence-corrected chi connectivity index (χ3v) is 4.66. The topological polar surface area (TPSA) is 67.8 Å². The normalized spacial score (nSPS) is 19.3. The van der Waals surface area contributed by atoms with Crippen molar-refractivity contribution < 1.29 is 19.2 Å². The summed E-state index contributed by atoms with van der Waals surface area (Å²) in [5.41, 5.74) is 3.26. The minimum Gasteiger partial charge on any atom is -0.465 e. The third-order valence-electron chi connectivity index (χ3n) is 4.66. The molecule has 0 aliphatic carbocycles. The molecule has 22 heavy (non-hydrogen) atoms. The molecule has 1 saturated heterocycles. The molecule has 6 heteroatoms. The lowest BCUT2D eigenvalue weighted by atomic mass is 9.76. The molecule has 0 radical (unpaired) electrons. The lowest BCUT2D eigenvalue weighted by Crippen LogP contribution is -2.41. The van der Waals surface area contributed by atoms with Crippen LogP contribution in [-0.2, 0) is 15.9 Å². The predicted molar refractivity (Wildman–Crippen MR) is 86.5 cm³/mol. The van der Waals surface area contributed by atoms with Gasteiger partial charge in [-0.1, -0.05) is 12.1 Å². The SMILES string of the molecule is Cc1cc(B2OC(C)(C)C(C)(C)O2)cc(C)c1CNC(=O)O. The summed E-state index contributed by atoms with van der Waals surface area (Å²) in [4.78, 5) is 10.7. The van der Waals surface area contributed by atoms with Gasteiger partial charge in [-0.3, -0.25) is 0 Å². The van der Waals surface area contributed by atoms with E-state index in [2.05, 4.69) is 5.32 Å². The predicted octanol–water partition coefficient (Wildman–Crippen LogP) is 2.37. The summed E-state index contributed by atoms with van der Waals surface area (Å²) >= 11 is 0. The van der Waals surface area contributed by atoms with E-state index in [9.17, 15) is 4.79 Å². The minimum atomic E-state index is -1.02. The molecule has 0 aromatic heterocycles. The highest BCUT2D eigenvalue weighted by atomic mass is 16.7. The Morgan fingerprint density at radius 2 is 1.59 bits per heavy atom. The van der Waals surface area contributed by atoms with Crippen LogP contribution in [0.3, 0.4) is 0 Å². The maximum absolute atomic E-state index is 10.7. The molecule has 1 aliphatic heterocycles. The van der Waals surface area contributed by atoms with Gasteiger partial charge in [-0.25, -0.2) is 4.79 Å². The Balaban J connectivity index is 2.26. The maximum atomic E-state index is 10.7. The van der Waals surface area contributed by atoms with Crippen molar-refractivity contribution >= 4 is 18.7 Å². The van der Waals surface area contributed by atoms with Gasteiger partial charge in [-0.15, -0.1) is 0 Å². The van der Waals surface area contributed by atoms with Gasteiger partial charge >= 0.3 is 13.2 Å². The van der Waals surface area contributed by atoms with Crippen LogP contribution in [0.2, 0.25) is 0 Å². The van der Waals surface area contributed by atoms with Crippen LogP contribution >= 0.6 is 0 Å². The Kier molecular flexibility index (Phi) is 4.28. The van der Waals surface area contributed by atoms with Gasteiger partial charge in [0, 0.05) is 6.54 Å². The molecule has 0 saturated carbocycles. The minimum absolute atomic E-state index is 0.302. The molecule has 120 valence electrons. The fourth-order valence-electron chi connectivity index (χ4n) is 2.58. The Morgan fingerprint density at radius 1 is 1.14 bits per heavy atom. The van der Waals surface area contributed by atoms with E-state index in [1.54, 1.807) is 0 Å². The van der Waals surface area contributed by atoms with Crippen LogP contribution in [0.25, 0.3) is 0 Å². The van der Waals surface area contributed by atoms with E-state index in [0.29, 0.717) is 6.54 Å².